The monoisotopic (exact) mass is 295 g/mol. The summed E-state index contributed by atoms with van der Waals surface area (Å²) in [6.45, 7) is 2.01. The molecule has 22 heavy (non-hydrogen) atoms. The third-order valence-electron chi connectivity index (χ3n) is 4.03. The highest BCUT2D eigenvalue weighted by atomic mass is 16.1. The highest BCUT2D eigenvalue weighted by molar-refractivity contribution is 5.84. The first-order chi connectivity index (χ1) is 10.6. The van der Waals surface area contributed by atoms with Crippen molar-refractivity contribution in [1.29, 1.82) is 0 Å². The Balaban J connectivity index is 1.58. The van der Waals surface area contributed by atoms with Crippen molar-refractivity contribution in [1.82, 2.24) is 14.9 Å². The molecule has 1 unspecified atom stereocenters. The van der Waals surface area contributed by atoms with Crippen molar-refractivity contribution >= 4 is 16.8 Å². The SMILES string of the molecule is CC(NC(=O)CCc1c[nH]c2ccccc12)c1ccn(C)c1. The van der Waals surface area contributed by atoms with E-state index in [9.17, 15) is 4.79 Å². The Bertz CT molecular complexity index is 784. The third-order valence-corrected chi connectivity index (χ3v) is 4.03. The predicted molar refractivity (Wildman–Crippen MR) is 88.6 cm³/mol. The Kier molecular flexibility index (Phi) is 4.00. The summed E-state index contributed by atoms with van der Waals surface area (Å²) in [5, 5.41) is 4.26. The number of hydrogen-bond donors (Lipinski definition) is 2. The fraction of sp³-hybridized carbons (Fsp3) is 0.278. The number of benzene rings is 1. The summed E-state index contributed by atoms with van der Waals surface area (Å²) in [6.07, 6.45) is 7.27. The smallest absolute Gasteiger partial charge is 0.220 e. The van der Waals surface area contributed by atoms with Crippen molar-refractivity contribution < 1.29 is 4.79 Å². The quantitative estimate of drug-likeness (QED) is 0.745. The number of para-hydroxylation sites is 1. The second-order valence-electron chi connectivity index (χ2n) is 5.76. The molecule has 0 aliphatic rings. The van der Waals surface area contributed by atoms with Crippen LogP contribution in [0.5, 0.6) is 0 Å². The molecule has 4 heteroatoms. The van der Waals surface area contributed by atoms with Crippen LogP contribution in [0.2, 0.25) is 0 Å². The molecule has 1 atom stereocenters. The minimum Gasteiger partial charge on any atom is -0.361 e. The van der Waals surface area contributed by atoms with Crippen LogP contribution in [0.3, 0.4) is 0 Å². The van der Waals surface area contributed by atoms with Crippen molar-refractivity contribution in [2.45, 2.75) is 25.8 Å². The topological polar surface area (TPSA) is 49.8 Å². The molecule has 0 bridgehead atoms. The number of aryl methyl sites for hydroxylation is 2. The Morgan fingerprint density at radius 2 is 2.14 bits per heavy atom. The van der Waals surface area contributed by atoms with Crippen LogP contribution in [0.1, 0.15) is 30.5 Å². The molecule has 2 heterocycles. The first-order valence-corrected chi connectivity index (χ1v) is 7.59. The lowest BCUT2D eigenvalue weighted by molar-refractivity contribution is -0.121. The van der Waals surface area contributed by atoms with Gasteiger partial charge < -0.3 is 14.9 Å². The van der Waals surface area contributed by atoms with Gasteiger partial charge in [-0.15, -0.1) is 0 Å². The van der Waals surface area contributed by atoms with Gasteiger partial charge in [0.25, 0.3) is 0 Å². The summed E-state index contributed by atoms with van der Waals surface area (Å²) in [7, 11) is 1.98. The van der Waals surface area contributed by atoms with Gasteiger partial charge >= 0.3 is 0 Å². The van der Waals surface area contributed by atoms with E-state index < -0.39 is 0 Å². The molecule has 2 N–H and O–H groups in total. The number of rotatable bonds is 5. The zero-order valence-electron chi connectivity index (χ0n) is 13.0. The molecule has 0 radical (unpaired) electrons. The van der Waals surface area contributed by atoms with E-state index in [1.807, 2.05) is 55.3 Å². The lowest BCUT2D eigenvalue weighted by atomic mass is 10.1. The molecular weight excluding hydrogens is 274 g/mol. The number of nitrogens with one attached hydrogen (secondary N) is 2. The number of nitrogens with zero attached hydrogens (tertiary/aromatic N) is 1. The summed E-state index contributed by atoms with van der Waals surface area (Å²) in [6, 6.07) is 10.2. The number of aromatic nitrogens is 2. The largest absolute Gasteiger partial charge is 0.361 e. The van der Waals surface area contributed by atoms with E-state index in [0.29, 0.717) is 6.42 Å². The lowest BCUT2D eigenvalue weighted by Crippen LogP contribution is -2.26. The van der Waals surface area contributed by atoms with Crippen LogP contribution in [0.25, 0.3) is 10.9 Å². The first kappa shape index (κ1) is 14.4. The van der Waals surface area contributed by atoms with E-state index in [1.165, 1.54) is 10.9 Å². The molecular formula is C18H21N3O. The average molecular weight is 295 g/mol. The van der Waals surface area contributed by atoms with Crippen molar-refractivity contribution in [2.24, 2.45) is 7.05 Å². The second kappa shape index (κ2) is 6.10. The highest BCUT2D eigenvalue weighted by Gasteiger charge is 2.11. The molecule has 0 aliphatic heterocycles. The van der Waals surface area contributed by atoms with Gasteiger partial charge in [-0.3, -0.25) is 4.79 Å². The molecule has 2 aromatic heterocycles. The second-order valence-corrected chi connectivity index (χ2v) is 5.76. The minimum atomic E-state index is 0.0386. The predicted octanol–water partition coefficient (Wildman–Crippen LogP) is 3.32. The number of aromatic amines is 1. The molecule has 0 spiro atoms. The molecule has 114 valence electrons. The van der Waals surface area contributed by atoms with E-state index in [1.54, 1.807) is 0 Å². The van der Waals surface area contributed by atoms with Crippen molar-refractivity contribution in [3.63, 3.8) is 0 Å². The average Bonchev–Trinajstić information content (AvgIpc) is 3.11. The van der Waals surface area contributed by atoms with Gasteiger partial charge in [0.05, 0.1) is 6.04 Å². The van der Waals surface area contributed by atoms with E-state index in [4.69, 9.17) is 0 Å². The Morgan fingerprint density at radius 3 is 2.91 bits per heavy atom. The van der Waals surface area contributed by atoms with Gasteiger partial charge in [-0.1, -0.05) is 18.2 Å². The number of H-pyrrole nitrogens is 1. The molecule has 3 aromatic rings. The number of carbonyl (C=O) groups is 1. The Hall–Kier alpha value is -2.49. The van der Waals surface area contributed by atoms with Gasteiger partial charge in [-0.2, -0.15) is 0 Å². The fourth-order valence-electron chi connectivity index (χ4n) is 2.76. The van der Waals surface area contributed by atoms with Gasteiger partial charge in [0.15, 0.2) is 0 Å². The van der Waals surface area contributed by atoms with Crippen molar-refractivity contribution in [3.8, 4) is 0 Å². The Labute approximate surface area is 130 Å². The third kappa shape index (κ3) is 3.06. The number of hydrogen-bond acceptors (Lipinski definition) is 1. The first-order valence-electron chi connectivity index (χ1n) is 7.59. The van der Waals surface area contributed by atoms with E-state index in [2.05, 4.69) is 22.4 Å². The van der Waals surface area contributed by atoms with Gasteiger partial charge in [0.2, 0.25) is 5.91 Å². The van der Waals surface area contributed by atoms with Gasteiger partial charge in [-0.05, 0) is 36.6 Å². The Morgan fingerprint density at radius 1 is 1.32 bits per heavy atom. The molecule has 3 rings (SSSR count). The van der Waals surface area contributed by atoms with E-state index in [0.717, 1.165) is 17.5 Å². The molecule has 0 saturated carbocycles. The lowest BCUT2D eigenvalue weighted by Gasteiger charge is -2.12. The van der Waals surface area contributed by atoms with Gasteiger partial charge in [0, 0.05) is 43.0 Å². The standard InChI is InChI=1S/C18H21N3O/c1-13(15-9-10-21(2)12-15)20-18(22)8-7-14-11-19-17-6-4-3-5-16(14)17/h3-6,9-13,19H,7-8H2,1-2H3,(H,20,22). The van der Waals surface area contributed by atoms with Gasteiger partial charge in [0.1, 0.15) is 0 Å². The van der Waals surface area contributed by atoms with Crippen LogP contribution in [0.15, 0.2) is 48.9 Å². The fourth-order valence-corrected chi connectivity index (χ4v) is 2.76. The normalized spacial score (nSPS) is 12.5. The number of fused-ring (bicyclic) bond motifs is 1. The minimum absolute atomic E-state index is 0.0386. The number of amides is 1. The summed E-state index contributed by atoms with van der Waals surface area (Å²) >= 11 is 0. The maximum atomic E-state index is 12.1. The van der Waals surface area contributed by atoms with Crippen LogP contribution < -0.4 is 5.32 Å². The van der Waals surface area contributed by atoms with Gasteiger partial charge in [-0.25, -0.2) is 0 Å². The summed E-state index contributed by atoms with van der Waals surface area (Å²) in [4.78, 5) is 15.4. The summed E-state index contributed by atoms with van der Waals surface area (Å²) in [5.41, 5.74) is 3.44. The van der Waals surface area contributed by atoms with E-state index >= 15 is 0 Å². The zero-order valence-corrected chi connectivity index (χ0v) is 13.0. The van der Waals surface area contributed by atoms with Crippen molar-refractivity contribution in [2.75, 3.05) is 0 Å². The molecule has 0 fully saturated rings. The maximum Gasteiger partial charge on any atom is 0.220 e. The maximum absolute atomic E-state index is 12.1. The summed E-state index contributed by atoms with van der Waals surface area (Å²) in [5.74, 6) is 0.0848. The highest BCUT2D eigenvalue weighted by Crippen LogP contribution is 2.19. The number of carbonyl (C=O) groups excluding carboxylic acids is 1. The van der Waals surface area contributed by atoms with Crippen molar-refractivity contribution in [3.05, 3.63) is 60.0 Å². The van der Waals surface area contributed by atoms with Crippen LogP contribution in [0.4, 0.5) is 0 Å². The van der Waals surface area contributed by atoms with Crippen LogP contribution >= 0.6 is 0 Å². The molecule has 4 nitrogen and oxygen atoms in total. The summed E-state index contributed by atoms with van der Waals surface area (Å²) < 4.78 is 1.99. The molecule has 1 amide bonds. The molecule has 0 aliphatic carbocycles. The van der Waals surface area contributed by atoms with Crippen LogP contribution in [-0.4, -0.2) is 15.5 Å². The zero-order chi connectivity index (χ0) is 15.5. The van der Waals surface area contributed by atoms with Crippen LogP contribution in [-0.2, 0) is 18.3 Å². The molecule has 0 saturated heterocycles. The van der Waals surface area contributed by atoms with E-state index in [-0.39, 0.29) is 11.9 Å². The van der Waals surface area contributed by atoms with Crippen LogP contribution in [0, 0.1) is 0 Å². The molecule has 1 aromatic carbocycles.